The molecule has 0 heterocycles. The quantitative estimate of drug-likeness (QED) is 0.606. The Morgan fingerprint density at radius 2 is 1.88 bits per heavy atom. The fourth-order valence-corrected chi connectivity index (χ4v) is 2.21. The first kappa shape index (κ1) is 19.1. The molecule has 1 amide bonds. The average Bonchev–Trinajstić information content (AvgIpc) is 2.64. The molecule has 0 saturated carbocycles. The normalized spacial score (nSPS) is 10.1. The number of hydrogen-bond donors (Lipinski definition) is 1. The second kappa shape index (κ2) is 8.75. The van der Waals surface area contributed by atoms with E-state index in [-0.39, 0.29) is 17.9 Å². The zero-order valence-electron chi connectivity index (χ0n) is 14.4. The van der Waals surface area contributed by atoms with E-state index in [1.165, 1.54) is 13.2 Å². The fraction of sp³-hybridized carbons (Fsp3) is 0.211. The highest BCUT2D eigenvalue weighted by Crippen LogP contribution is 2.19. The highest BCUT2D eigenvalue weighted by molar-refractivity contribution is 6.00. The van der Waals surface area contributed by atoms with Gasteiger partial charge in [0.2, 0.25) is 5.78 Å². The Labute approximate surface area is 149 Å². The Kier molecular flexibility index (Phi) is 6.43. The number of carbonyl (C=O) groups excluding carboxylic acids is 3. The number of hydrogen-bond acceptors (Lipinski definition) is 5. The van der Waals surface area contributed by atoms with Gasteiger partial charge in [-0.3, -0.25) is 14.4 Å². The average molecular weight is 359 g/mol. The fourth-order valence-electron chi connectivity index (χ4n) is 2.21. The van der Waals surface area contributed by atoms with E-state index < -0.39 is 30.1 Å². The highest BCUT2D eigenvalue weighted by atomic mass is 19.1. The van der Waals surface area contributed by atoms with Crippen LogP contribution in [-0.4, -0.2) is 37.9 Å². The van der Waals surface area contributed by atoms with Gasteiger partial charge in [0.05, 0.1) is 12.7 Å². The summed E-state index contributed by atoms with van der Waals surface area (Å²) in [6, 6.07) is 10.3. The van der Waals surface area contributed by atoms with Gasteiger partial charge in [-0.15, -0.1) is 0 Å². The van der Waals surface area contributed by atoms with Gasteiger partial charge < -0.3 is 14.8 Å². The summed E-state index contributed by atoms with van der Waals surface area (Å²) < 4.78 is 23.1. The first-order chi connectivity index (χ1) is 12.4. The highest BCUT2D eigenvalue weighted by Gasteiger charge is 2.16. The van der Waals surface area contributed by atoms with E-state index in [1.54, 1.807) is 18.2 Å². The third kappa shape index (κ3) is 5.14. The minimum Gasteiger partial charge on any atom is -0.496 e. The smallest absolute Gasteiger partial charge is 0.325 e. The van der Waals surface area contributed by atoms with Crippen LogP contribution < -0.4 is 10.1 Å². The van der Waals surface area contributed by atoms with Crippen LogP contribution in [0.15, 0.2) is 42.5 Å². The summed E-state index contributed by atoms with van der Waals surface area (Å²) >= 11 is 0. The molecule has 0 aliphatic rings. The number of ether oxygens (including phenoxy) is 2. The van der Waals surface area contributed by atoms with Crippen molar-refractivity contribution in [1.29, 1.82) is 0 Å². The molecule has 0 aliphatic heterocycles. The minimum absolute atomic E-state index is 0.0240. The lowest BCUT2D eigenvalue weighted by Gasteiger charge is -2.09. The Balaban J connectivity index is 1.86. The minimum atomic E-state index is -0.783. The summed E-state index contributed by atoms with van der Waals surface area (Å²) in [7, 11) is 1.34. The van der Waals surface area contributed by atoms with Crippen LogP contribution in [0, 0.1) is 12.7 Å². The largest absolute Gasteiger partial charge is 0.496 e. The number of esters is 1. The molecule has 7 heteroatoms. The lowest BCUT2D eigenvalue weighted by Crippen LogP contribution is -2.31. The van der Waals surface area contributed by atoms with Gasteiger partial charge in [-0.25, -0.2) is 4.39 Å². The van der Waals surface area contributed by atoms with Crippen LogP contribution in [0.3, 0.4) is 0 Å². The van der Waals surface area contributed by atoms with E-state index in [9.17, 15) is 18.8 Å². The van der Waals surface area contributed by atoms with E-state index in [2.05, 4.69) is 5.32 Å². The molecule has 26 heavy (non-hydrogen) atoms. The summed E-state index contributed by atoms with van der Waals surface area (Å²) in [4.78, 5) is 35.7. The predicted molar refractivity (Wildman–Crippen MR) is 91.8 cm³/mol. The number of nitrogens with one attached hydrogen (secondary N) is 1. The zero-order valence-corrected chi connectivity index (χ0v) is 14.4. The van der Waals surface area contributed by atoms with Crippen molar-refractivity contribution in [2.75, 3.05) is 20.3 Å². The van der Waals surface area contributed by atoms with Crippen molar-refractivity contribution in [3.63, 3.8) is 0 Å². The Morgan fingerprint density at radius 3 is 2.58 bits per heavy atom. The molecular weight excluding hydrogens is 341 g/mol. The number of methoxy groups -OCH3 is 1. The Bertz CT molecular complexity index is 834. The van der Waals surface area contributed by atoms with Crippen LogP contribution >= 0.6 is 0 Å². The van der Waals surface area contributed by atoms with E-state index in [0.717, 1.165) is 17.7 Å². The molecule has 0 unspecified atom stereocenters. The van der Waals surface area contributed by atoms with Gasteiger partial charge in [0.15, 0.2) is 6.61 Å². The SMILES string of the molecule is COc1ccc(F)cc1C(=O)COC(=O)CNC(=O)c1cccc(C)c1. The molecular formula is C19H18FNO5. The van der Waals surface area contributed by atoms with Crippen LogP contribution in [0.2, 0.25) is 0 Å². The van der Waals surface area contributed by atoms with Crippen molar-refractivity contribution in [2.45, 2.75) is 6.92 Å². The summed E-state index contributed by atoms with van der Waals surface area (Å²) in [5, 5.41) is 2.41. The van der Waals surface area contributed by atoms with Crippen LogP contribution in [0.4, 0.5) is 4.39 Å². The van der Waals surface area contributed by atoms with Gasteiger partial charge in [0.25, 0.3) is 5.91 Å². The van der Waals surface area contributed by atoms with Crippen LogP contribution in [0.5, 0.6) is 5.75 Å². The number of aryl methyl sites for hydroxylation is 1. The number of halogens is 1. The molecule has 2 aromatic carbocycles. The lowest BCUT2D eigenvalue weighted by atomic mass is 10.1. The Hall–Kier alpha value is -3.22. The molecule has 0 aromatic heterocycles. The maximum absolute atomic E-state index is 13.3. The second-order valence-electron chi connectivity index (χ2n) is 5.48. The molecule has 0 bridgehead atoms. The summed E-state index contributed by atoms with van der Waals surface area (Å²) in [6.07, 6.45) is 0. The van der Waals surface area contributed by atoms with Crippen molar-refractivity contribution in [1.82, 2.24) is 5.32 Å². The van der Waals surface area contributed by atoms with Crippen LogP contribution in [0.1, 0.15) is 26.3 Å². The summed E-state index contributed by atoms with van der Waals surface area (Å²) in [5.74, 6) is -2.25. The zero-order chi connectivity index (χ0) is 19.1. The van der Waals surface area contributed by atoms with Gasteiger partial charge in [0.1, 0.15) is 18.1 Å². The van der Waals surface area contributed by atoms with E-state index in [1.807, 2.05) is 13.0 Å². The van der Waals surface area contributed by atoms with Crippen molar-refractivity contribution in [2.24, 2.45) is 0 Å². The number of ketones is 1. The van der Waals surface area contributed by atoms with Crippen molar-refractivity contribution >= 4 is 17.7 Å². The van der Waals surface area contributed by atoms with E-state index >= 15 is 0 Å². The number of amides is 1. The number of Topliss-reactive ketones (excluding diaryl/α,β-unsaturated/α-hetero) is 1. The van der Waals surface area contributed by atoms with Crippen molar-refractivity contribution in [3.8, 4) is 5.75 Å². The molecule has 2 aromatic rings. The molecule has 0 saturated heterocycles. The molecule has 2 rings (SSSR count). The first-order valence-electron chi connectivity index (χ1n) is 7.78. The maximum Gasteiger partial charge on any atom is 0.325 e. The molecule has 1 N–H and O–H groups in total. The number of rotatable bonds is 7. The maximum atomic E-state index is 13.3. The monoisotopic (exact) mass is 359 g/mol. The van der Waals surface area contributed by atoms with Gasteiger partial charge in [-0.2, -0.15) is 0 Å². The van der Waals surface area contributed by atoms with Gasteiger partial charge in [0, 0.05) is 5.56 Å². The van der Waals surface area contributed by atoms with Crippen LogP contribution in [-0.2, 0) is 9.53 Å². The molecule has 0 aliphatic carbocycles. The standard InChI is InChI=1S/C19H18FNO5/c1-12-4-3-5-13(8-12)19(24)21-10-18(23)26-11-16(22)15-9-14(20)6-7-17(15)25-2/h3-9H,10-11H2,1-2H3,(H,21,24). The number of carbonyl (C=O) groups is 3. The van der Waals surface area contributed by atoms with Crippen molar-refractivity contribution in [3.05, 3.63) is 65.0 Å². The van der Waals surface area contributed by atoms with E-state index in [4.69, 9.17) is 9.47 Å². The van der Waals surface area contributed by atoms with Crippen molar-refractivity contribution < 1.29 is 28.2 Å². The van der Waals surface area contributed by atoms with Gasteiger partial charge in [-0.05, 0) is 37.3 Å². The van der Waals surface area contributed by atoms with Crippen LogP contribution in [0.25, 0.3) is 0 Å². The second-order valence-corrected chi connectivity index (χ2v) is 5.48. The molecule has 0 radical (unpaired) electrons. The first-order valence-corrected chi connectivity index (χ1v) is 7.78. The summed E-state index contributed by atoms with van der Waals surface area (Å²) in [6.45, 7) is 0.872. The Morgan fingerprint density at radius 1 is 1.12 bits per heavy atom. The molecule has 0 atom stereocenters. The molecule has 0 spiro atoms. The molecule has 0 fully saturated rings. The van der Waals surface area contributed by atoms with Gasteiger partial charge in [-0.1, -0.05) is 17.7 Å². The van der Waals surface area contributed by atoms with E-state index in [0.29, 0.717) is 5.56 Å². The third-order valence-corrected chi connectivity index (χ3v) is 3.50. The van der Waals surface area contributed by atoms with Gasteiger partial charge >= 0.3 is 5.97 Å². The lowest BCUT2D eigenvalue weighted by molar-refractivity contribution is -0.141. The predicted octanol–water partition coefficient (Wildman–Crippen LogP) is 2.30. The number of benzene rings is 2. The summed E-state index contributed by atoms with van der Waals surface area (Å²) in [5.41, 5.74) is 1.30. The molecule has 6 nitrogen and oxygen atoms in total. The topological polar surface area (TPSA) is 81.7 Å². The third-order valence-electron chi connectivity index (χ3n) is 3.50. The molecule has 136 valence electrons.